The molecule has 0 unspecified atom stereocenters. The second-order valence-corrected chi connectivity index (χ2v) is 5.45. The predicted octanol–water partition coefficient (Wildman–Crippen LogP) is 1.54. The van der Waals surface area contributed by atoms with Crippen LogP contribution in [0.25, 0.3) is 0 Å². The number of anilines is 1. The molecule has 0 aromatic carbocycles. The number of nitrogens with one attached hydrogen (secondary N) is 1. The molecule has 1 fully saturated rings. The van der Waals surface area contributed by atoms with Crippen LogP contribution < -0.4 is 11.1 Å². The molecule has 0 saturated carbocycles. The Morgan fingerprint density at radius 3 is 3.00 bits per heavy atom. The summed E-state index contributed by atoms with van der Waals surface area (Å²) in [7, 11) is 0. The van der Waals surface area contributed by atoms with E-state index in [2.05, 4.69) is 10.3 Å². The van der Waals surface area contributed by atoms with Crippen LogP contribution in [0.15, 0.2) is 18.5 Å². The minimum absolute atomic E-state index is 0.0943. The van der Waals surface area contributed by atoms with Crippen molar-refractivity contribution in [1.82, 2.24) is 10.3 Å². The summed E-state index contributed by atoms with van der Waals surface area (Å²) in [4.78, 5) is 15.8. The highest BCUT2D eigenvalue weighted by Gasteiger charge is 2.15. The van der Waals surface area contributed by atoms with Crippen LogP contribution in [0.4, 0.5) is 5.69 Å². The zero-order valence-corrected chi connectivity index (χ0v) is 10.5. The molecule has 4 nitrogen and oxygen atoms in total. The van der Waals surface area contributed by atoms with E-state index in [4.69, 9.17) is 5.73 Å². The van der Waals surface area contributed by atoms with Gasteiger partial charge in [-0.25, -0.2) is 0 Å². The van der Waals surface area contributed by atoms with Crippen LogP contribution in [0.1, 0.15) is 23.2 Å². The lowest BCUT2D eigenvalue weighted by atomic mass is 10.0. The van der Waals surface area contributed by atoms with E-state index in [1.54, 1.807) is 12.3 Å². The largest absolute Gasteiger partial charge is 0.397 e. The first-order chi connectivity index (χ1) is 8.27. The first kappa shape index (κ1) is 12.2. The molecular weight excluding hydrogens is 234 g/mol. The second-order valence-electron chi connectivity index (χ2n) is 4.23. The van der Waals surface area contributed by atoms with Gasteiger partial charge in [-0.05, 0) is 36.3 Å². The smallest absolute Gasteiger partial charge is 0.253 e. The summed E-state index contributed by atoms with van der Waals surface area (Å²) in [6, 6.07) is 1.65. The van der Waals surface area contributed by atoms with Gasteiger partial charge in [0.2, 0.25) is 0 Å². The maximum atomic E-state index is 11.9. The topological polar surface area (TPSA) is 68.0 Å². The lowest BCUT2D eigenvalue weighted by molar-refractivity contribution is 0.0947. The van der Waals surface area contributed by atoms with Crippen molar-refractivity contribution in [3.63, 3.8) is 0 Å². The number of amides is 1. The van der Waals surface area contributed by atoms with Crippen LogP contribution >= 0.6 is 11.8 Å². The molecule has 0 atom stereocenters. The SMILES string of the molecule is Nc1cnccc1C(=O)NCC1CCSCC1. The monoisotopic (exact) mass is 251 g/mol. The maximum absolute atomic E-state index is 11.9. The molecular formula is C12H17N3OS. The molecule has 1 aromatic rings. The highest BCUT2D eigenvalue weighted by atomic mass is 32.2. The predicted molar refractivity (Wildman–Crippen MR) is 71.0 cm³/mol. The summed E-state index contributed by atoms with van der Waals surface area (Å²) in [5.41, 5.74) is 6.66. The number of thioether (sulfide) groups is 1. The van der Waals surface area contributed by atoms with Crippen molar-refractivity contribution < 1.29 is 4.79 Å². The van der Waals surface area contributed by atoms with E-state index in [1.165, 1.54) is 30.5 Å². The zero-order valence-electron chi connectivity index (χ0n) is 9.69. The van der Waals surface area contributed by atoms with Crippen LogP contribution in [0, 0.1) is 5.92 Å². The summed E-state index contributed by atoms with van der Waals surface area (Å²) in [5.74, 6) is 2.93. The molecule has 92 valence electrons. The van der Waals surface area contributed by atoms with E-state index >= 15 is 0 Å². The van der Waals surface area contributed by atoms with Gasteiger partial charge < -0.3 is 11.1 Å². The first-order valence-electron chi connectivity index (χ1n) is 5.83. The van der Waals surface area contributed by atoms with E-state index in [0.717, 1.165) is 6.54 Å². The van der Waals surface area contributed by atoms with Crippen molar-refractivity contribution >= 4 is 23.4 Å². The van der Waals surface area contributed by atoms with Crippen LogP contribution in [0.2, 0.25) is 0 Å². The van der Waals surface area contributed by atoms with Gasteiger partial charge in [0.05, 0.1) is 17.4 Å². The molecule has 1 aliphatic heterocycles. The molecule has 1 amide bonds. The van der Waals surface area contributed by atoms with Gasteiger partial charge in [-0.2, -0.15) is 11.8 Å². The minimum atomic E-state index is -0.0943. The third-order valence-corrected chi connectivity index (χ3v) is 4.04. The normalized spacial score (nSPS) is 16.7. The van der Waals surface area contributed by atoms with Gasteiger partial charge in [-0.1, -0.05) is 0 Å². The van der Waals surface area contributed by atoms with Gasteiger partial charge in [-0.3, -0.25) is 9.78 Å². The van der Waals surface area contributed by atoms with Crippen molar-refractivity contribution in [1.29, 1.82) is 0 Å². The zero-order chi connectivity index (χ0) is 12.1. The Kier molecular flexibility index (Phi) is 4.25. The highest BCUT2D eigenvalue weighted by molar-refractivity contribution is 7.99. The Labute approximate surface area is 105 Å². The quantitative estimate of drug-likeness (QED) is 0.855. The molecule has 2 rings (SSSR count). The molecule has 1 aromatic heterocycles. The molecule has 2 heterocycles. The number of nitrogens with zero attached hydrogens (tertiary/aromatic N) is 1. The number of carbonyl (C=O) groups is 1. The summed E-state index contributed by atoms with van der Waals surface area (Å²) in [6.45, 7) is 0.751. The van der Waals surface area contributed by atoms with E-state index in [9.17, 15) is 4.79 Å². The number of hydrogen-bond donors (Lipinski definition) is 2. The fraction of sp³-hybridized carbons (Fsp3) is 0.500. The third-order valence-electron chi connectivity index (χ3n) is 2.99. The van der Waals surface area contributed by atoms with Crippen molar-refractivity contribution in [3.8, 4) is 0 Å². The summed E-state index contributed by atoms with van der Waals surface area (Å²) in [5, 5.41) is 2.95. The summed E-state index contributed by atoms with van der Waals surface area (Å²) < 4.78 is 0. The second kappa shape index (κ2) is 5.91. The summed E-state index contributed by atoms with van der Waals surface area (Å²) in [6.07, 6.45) is 5.47. The molecule has 0 bridgehead atoms. The Morgan fingerprint density at radius 2 is 2.29 bits per heavy atom. The fourth-order valence-corrected chi connectivity index (χ4v) is 3.10. The maximum Gasteiger partial charge on any atom is 0.253 e. The Hall–Kier alpha value is -1.23. The number of aromatic nitrogens is 1. The number of rotatable bonds is 3. The number of pyridine rings is 1. The molecule has 0 radical (unpaired) electrons. The Morgan fingerprint density at radius 1 is 1.53 bits per heavy atom. The molecule has 1 aliphatic rings. The minimum Gasteiger partial charge on any atom is -0.397 e. The number of carbonyl (C=O) groups excluding carboxylic acids is 1. The average Bonchev–Trinajstić information content (AvgIpc) is 2.38. The van der Waals surface area contributed by atoms with Gasteiger partial charge in [0.15, 0.2) is 0 Å². The van der Waals surface area contributed by atoms with Crippen LogP contribution in [-0.4, -0.2) is 28.9 Å². The molecule has 0 aliphatic carbocycles. The number of hydrogen-bond acceptors (Lipinski definition) is 4. The first-order valence-corrected chi connectivity index (χ1v) is 6.98. The number of nitrogen functional groups attached to an aromatic ring is 1. The van der Waals surface area contributed by atoms with E-state index < -0.39 is 0 Å². The Bertz CT molecular complexity index is 391. The van der Waals surface area contributed by atoms with Gasteiger partial charge >= 0.3 is 0 Å². The van der Waals surface area contributed by atoms with Crippen LogP contribution in [-0.2, 0) is 0 Å². The van der Waals surface area contributed by atoms with Gasteiger partial charge in [-0.15, -0.1) is 0 Å². The van der Waals surface area contributed by atoms with Gasteiger partial charge in [0, 0.05) is 12.7 Å². The lowest BCUT2D eigenvalue weighted by Gasteiger charge is -2.21. The molecule has 1 saturated heterocycles. The van der Waals surface area contributed by atoms with Gasteiger partial charge in [0.1, 0.15) is 0 Å². The van der Waals surface area contributed by atoms with Crippen LogP contribution in [0.5, 0.6) is 0 Å². The average molecular weight is 251 g/mol. The van der Waals surface area contributed by atoms with E-state index in [0.29, 0.717) is 17.2 Å². The molecule has 5 heteroatoms. The van der Waals surface area contributed by atoms with Crippen molar-refractivity contribution in [2.75, 3.05) is 23.8 Å². The third kappa shape index (κ3) is 3.36. The Balaban J connectivity index is 1.87. The fourth-order valence-electron chi connectivity index (χ4n) is 1.90. The van der Waals surface area contributed by atoms with E-state index in [-0.39, 0.29) is 5.91 Å². The van der Waals surface area contributed by atoms with E-state index in [1.807, 2.05) is 11.8 Å². The highest BCUT2D eigenvalue weighted by Crippen LogP contribution is 2.22. The lowest BCUT2D eigenvalue weighted by Crippen LogP contribution is -2.31. The molecule has 3 N–H and O–H groups in total. The number of nitrogens with two attached hydrogens (primary N) is 1. The van der Waals surface area contributed by atoms with Gasteiger partial charge in [0.25, 0.3) is 5.91 Å². The van der Waals surface area contributed by atoms with Crippen molar-refractivity contribution in [2.24, 2.45) is 5.92 Å². The molecule has 17 heavy (non-hydrogen) atoms. The summed E-state index contributed by atoms with van der Waals surface area (Å²) >= 11 is 1.99. The van der Waals surface area contributed by atoms with Crippen molar-refractivity contribution in [2.45, 2.75) is 12.8 Å². The molecule has 0 spiro atoms. The van der Waals surface area contributed by atoms with Crippen molar-refractivity contribution in [3.05, 3.63) is 24.0 Å². The standard InChI is InChI=1S/C12H17N3OS/c13-11-8-14-4-1-10(11)12(16)15-7-9-2-5-17-6-3-9/h1,4,8-9H,2-3,5-7,13H2,(H,15,16). The van der Waals surface area contributed by atoms with Crippen LogP contribution in [0.3, 0.4) is 0 Å².